The van der Waals surface area contributed by atoms with Gasteiger partial charge in [-0.1, -0.05) is 17.7 Å². The van der Waals surface area contributed by atoms with Crippen LogP contribution in [-0.2, 0) is 4.74 Å². The lowest BCUT2D eigenvalue weighted by atomic mass is 9.98. The van der Waals surface area contributed by atoms with Crippen molar-refractivity contribution in [1.82, 2.24) is 31.6 Å². The van der Waals surface area contributed by atoms with Crippen LogP contribution in [0.4, 0.5) is 10.2 Å². The zero-order valence-electron chi connectivity index (χ0n) is 22.1. The van der Waals surface area contributed by atoms with Gasteiger partial charge in [0.25, 0.3) is 5.91 Å². The number of amides is 1. The number of halogens is 2. The highest BCUT2D eigenvalue weighted by atomic mass is 35.5. The van der Waals surface area contributed by atoms with Crippen molar-refractivity contribution in [1.29, 1.82) is 0 Å². The number of nitrogens with zero attached hydrogens (tertiary/aromatic N) is 3. The van der Waals surface area contributed by atoms with Gasteiger partial charge in [0.05, 0.1) is 29.1 Å². The highest BCUT2D eigenvalue weighted by Gasteiger charge is 2.42. The van der Waals surface area contributed by atoms with E-state index in [9.17, 15) is 9.18 Å². The van der Waals surface area contributed by atoms with E-state index in [1.807, 2.05) is 24.3 Å². The van der Waals surface area contributed by atoms with E-state index in [1.165, 1.54) is 23.8 Å². The first-order valence-electron chi connectivity index (χ1n) is 13.8. The van der Waals surface area contributed by atoms with Gasteiger partial charge in [-0.15, -0.1) is 0 Å². The van der Waals surface area contributed by atoms with Gasteiger partial charge in [-0.2, -0.15) is 0 Å². The lowest BCUT2D eigenvalue weighted by molar-refractivity contribution is 0.0932. The summed E-state index contributed by atoms with van der Waals surface area (Å²) in [4.78, 5) is 19.9. The van der Waals surface area contributed by atoms with Crippen molar-refractivity contribution in [2.75, 3.05) is 31.1 Å². The molecule has 2 saturated heterocycles. The fourth-order valence-corrected chi connectivity index (χ4v) is 6.93. The number of rotatable bonds is 6. The molecule has 5 aliphatic rings. The molecule has 5 heterocycles. The first-order valence-corrected chi connectivity index (χ1v) is 14.2. The number of carbonyl (C=O) groups is 1. The molecular formula is C29H31ClFN7O2. The van der Waals surface area contributed by atoms with Gasteiger partial charge in [0.2, 0.25) is 0 Å². The van der Waals surface area contributed by atoms with Crippen molar-refractivity contribution in [3.05, 3.63) is 87.8 Å². The fraction of sp³-hybridized carbons (Fsp3) is 0.379. The molecule has 208 valence electrons. The molecule has 0 spiro atoms. The van der Waals surface area contributed by atoms with Crippen LogP contribution >= 0.6 is 11.6 Å². The van der Waals surface area contributed by atoms with E-state index in [0.717, 1.165) is 60.9 Å². The van der Waals surface area contributed by atoms with Gasteiger partial charge >= 0.3 is 0 Å². The standard InChI is InChI=1S/C29H31ClFN7O2/c1-2-40-20-10-21(27-22-12-33-35-28(22)36-38(27)15-20)16-6-7-25(32-11-16)37-13-17-8-19(9-18(17)14-37)34-29(39)26-23(30)4-3-5-24(26)31/h3-7,10-11,15,17-19,28,33,35-36H,2,8-9,12-14H2,1H3,(H,34,39)/t17-,18+,19?,28?. The van der Waals surface area contributed by atoms with Gasteiger partial charge in [0.15, 0.2) is 0 Å². The van der Waals surface area contributed by atoms with Gasteiger partial charge in [-0.05, 0) is 61.9 Å². The number of benzene rings is 1. The highest BCUT2D eigenvalue weighted by molar-refractivity contribution is 6.33. The number of fused-ring (bicyclic) bond motifs is 3. The molecule has 11 heteroatoms. The Hall–Kier alpha value is -3.44. The summed E-state index contributed by atoms with van der Waals surface area (Å²) < 4.78 is 20.0. The number of ether oxygens (including phenoxy) is 1. The van der Waals surface area contributed by atoms with Gasteiger partial charge in [0.1, 0.15) is 23.6 Å². The predicted octanol–water partition coefficient (Wildman–Crippen LogP) is 3.30. The van der Waals surface area contributed by atoms with Crippen LogP contribution in [0.2, 0.25) is 5.02 Å². The molecule has 3 fully saturated rings. The second-order valence-corrected chi connectivity index (χ2v) is 11.3. The zero-order valence-corrected chi connectivity index (χ0v) is 22.8. The van der Waals surface area contributed by atoms with Crippen LogP contribution in [-0.4, -0.2) is 54.3 Å². The molecule has 4 aliphatic heterocycles. The number of allylic oxidation sites excluding steroid dienone is 2. The van der Waals surface area contributed by atoms with Gasteiger partial charge in [0, 0.05) is 48.6 Å². The second-order valence-electron chi connectivity index (χ2n) is 10.9. The minimum atomic E-state index is -0.594. The van der Waals surface area contributed by atoms with Crippen LogP contribution in [0, 0.1) is 17.7 Å². The Labute approximate surface area is 237 Å². The van der Waals surface area contributed by atoms with Crippen molar-refractivity contribution in [3.8, 4) is 0 Å². The van der Waals surface area contributed by atoms with E-state index < -0.39 is 11.7 Å². The molecule has 1 aliphatic carbocycles. The molecule has 7 rings (SSSR count). The van der Waals surface area contributed by atoms with E-state index in [4.69, 9.17) is 21.3 Å². The van der Waals surface area contributed by atoms with Crippen molar-refractivity contribution in [2.45, 2.75) is 32.0 Å². The Morgan fingerprint density at radius 3 is 2.77 bits per heavy atom. The first kappa shape index (κ1) is 25.5. The van der Waals surface area contributed by atoms with Crippen molar-refractivity contribution < 1.29 is 13.9 Å². The molecule has 0 radical (unpaired) electrons. The summed E-state index contributed by atoms with van der Waals surface area (Å²) in [6, 6.07) is 8.54. The Bertz CT molecular complexity index is 1410. The summed E-state index contributed by atoms with van der Waals surface area (Å²) in [6.07, 6.45) is 7.79. The Morgan fingerprint density at radius 2 is 2.05 bits per heavy atom. The van der Waals surface area contributed by atoms with E-state index in [-0.39, 0.29) is 22.8 Å². The minimum Gasteiger partial charge on any atom is -0.492 e. The molecule has 1 aromatic carbocycles. The average molecular weight is 564 g/mol. The third kappa shape index (κ3) is 4.45. The second kappa shape index (κ2) is 10.2. The fourth-order valence-electron chi connectivity index (χ4n) is 6.68. The number of hydrazine groups is 2. The summed E-state index contributed by atoms with van der Waals surface area (Å²) in [5.74, 6) is 1.62. The molecule has 1 saturated carbocycles. The number of hydrogen-bond donors (Lipinski definition) is 4. The maximum absolute atomic E-state index is 14.2. The van der Waals surface area contributed by atoms with Crippen LogP contribution < -0.4 is 26.5 Å². The highest BCUT2D eigenvalue weighted by Crippen LogP contribution is 2.41. The third-order valence-electron chi connectivity index (χ3n) is 8.45. The molecule has 2 aromatic rings. The van der Waals surface area contributed by atoms with Crippen LogP contribution in [0.5, 0.6) is 0 Å². The largest absolute Gasteiger partial charge is 0.492 e. The van der Waals surface area contributed by atoms with Crippen LogP contribution in [0.25, 0.3) is 5.57 Å². The summed E-state index contributed by atoms with van der Waals surface area (Å²) in [5, 5.41) is 5.19. The Balaban J connectivity index is 1.03. The normalized spacial score (nSPS) is 26.9. The number of hydrogen-bond acceptors (Lipinski definition) is 8. The molecular weight excluding hydrogens is 533 g/mol. The van der Waals surface area contributed by atoms with Gasteiger partial charge in [-0.25, -0.2) is 20.2 Å². The molecule has 0 bridgehead atoms. The average Bonchev–Trinajstić information content (AvgIpc) is 3.69. The monoisotopic (exact) mass is 563 g/mol. The van der Waals surface area contributed by atoms with Crippen molar-refractivity contribution >= 4 is 28.9 Å². The molecule has 1 amide bonds. The summed E-state index contributed by atoms with van der Waals surface area (Å²) >= 11 is 6.08. The maximum atomic E-state index is 14.2. The number of pyridine rings is 1. The zero-order chi connectivity index (χ0) is 27.4. The lowest BCUT2D eigenvalue weighted by Gasteiger charge is -2.27. The van der Waals surface area contributed by atoms with E-state index in [2.05, 4.69) is 44.7 Å². The number of anilines is 1. The first-order chi connectivity index (χ1) is 19.5. The van der Waals surface area contributed by atoms with Crippen molar-refractivity contribution in [2.24, 2.45) is 11.8 Å². The number of carbonyl (C=O) groups excluding carboxylic acids is 1. The quantitative estimate of drug-likeness (QED) is 0.425. The molecule has 9 nitrogen and oxygen atoms in total. The van der Waals surface area contributed by atoms with Gasteiger partial charge in [-0.3, -0.25) is 15.2 Å². The smallest absolute Gasteiger partial charge is 0.255 e. The number of aromatic nitrogens is 1. The van der Waals surface area contributed by atoms with Crippen molar-refractivity contribution in [3.63, 3.8) is 0 Å². The van der Waals surface area contributed by atoms with Crippen LogP contribution in [0.1, 0.15) is 35.7 Å². The summed E-state index contributed by atoms with van der Waals surface area (Å²) in [7, 11) is 0. The van der Waals surface area contributed by atoms with Crippen LogP contribution in [0.15, 0.2) is 65.8 Å². The molecule has 1 aromatic heterocycles. The van der Waals surface area contributed by atoms with E-state index in [0.29, 0.717) is 18.4 Å². The molecule has 4 N–H and O–H groups in total. The SMILES string of the molecule is CCOC1=CN2NC3NNCC3=C2C(c2ccc(N3C[C@H]4CC(NC(=O)c5c(F)cccc5Cl)C[C@H]4C3)nc2)=C1. The predicted molar refractivity (Wildman–Crippen MR) is 150 cm³/mol. The summed E-state index contributed by atoms with van der Waals surface area (Å²) in [5.41, 5.74) is 14.3. The van der Waals surface area contributed by atoms with Gasteiger partial charge < -0.3 is 15.0 Å². The van der Waals surface area contributed by atoms with Crippen LogP contribution in [0.3, 0.4) is 0 Å². The van der Waals surface area contributed by atoms with E-state index >= 15 is 0 Å². The Morgan fingerprint density at radius 1 is 1.23 bits per heavy atom. The topological polar surface area (TPSA) is 93.8 Å². The minimum absolute atomic E-state index is 0.0161. The third-order valence-corrected chi connectivity index (χ3v) is 8.77. The Kier molecular flexibility index (Phi) is 6.50. The maximum Gasteiger partial charge on any atom is 0.255 e. The lowest BCUT2D eigenvalue weighted by Crippen LogP contribution is -2.44. The summed E-state index contributed by atoms with van der Waals surface area (Å²) in [6.45, 7) is 5.10. The number of nitrogens with one attached hydrogen (secondary N) is 4. The molecule has 2 unspecified atom stereocenters. The molecule has 40 heavy (non-hydrogen) atoms. The molecule has 4 atom stereocenters. The van der Waals surface area contributed by atoms with E-state index in [1.54, 1.807) is 0 Å².